The van der Waals surface area contributed by atoms with Crippen LogP contribution in [0.25, 0.3) is 0 Å². The first-order valence-corrected chi connectivity index (χ1v) is 8.19. The highest BCUT2D eigenvalue weighted by Crippen LogP contribution is 2.22. The van der Waals surface area contributed by atoms with E-state index in [1.54, 1.807) is 7.05 Å². The number of rotatable bonds is 4. The van der Waals surface area contributed by atoms with Crippen LogP contribution in [0.3, 0.4) is 0 Å². The molecule has 1 amide bonds. The van der Waals surface area contributed by atoms with E-state index < -0.39 is 16.0 Å². The van der Waals surface area contributed by atoms with Gasteiger partial charge in [0.2, 0.25) is 15.9 Å². The minimum atomic E-state index is -3.75. The van der Waals surface area contributed by atoms with Crippen molar-refractivity contribution in [2.75, 3.05) is 13.6 Å². The maximum atomic E-state index is 12.1. The number of carbonyl (C=O) groups is 2. The molecule has 9 heteroatoms. The summed E-state index contributed by atoms with van der Waals surface area (Å²) < 4.78 is 26.7. The maximum Gasteiger partial charge on any atom is 0.345 e. The zero-order chi connectivity index (χ0) is 14.9. The van der Waals surface area contributed by atoms with Gasteiger partial charge in [-0.05, 0) is 18.6 Å². The molecule has 1 aromatic rings. The average Bonchev–Trinajstić information content (AvgIpc) is 2.84. The lowest BCUT2D eigenvalue weighted by molar-refractivity contribution is -0.132. The molecular weight excluding hydrogens is 304 g/mol. The van der Waals surface area contributed by atoms with Crippen LogP contribution >= 0.6 is 11.3 Å². The van der Waals surface area contributed by atoms with Crippen LogP contribution in [0.4, 0.5) is 0 Å². The predicted molar refractivity (Wildman–Crippen MR) is 72.3 cm³/mol. The van der Waals surface area contributed by atoms with Crippen molar-refractivity contribution in [3.05, 3.63) is 17.0 Å². The van der Waals surface area contributed by atoms with E-state index in [0.717, 1.165) is 0 Å². The molecule has 0 aromatic carbocycles. The van der Waals surface area contributed by atoms with E-state index in [9.17, 15) is 18.0 Å². The monoisotopic (exact) mass is 318 g/mol. The van der Waals surface area contributed by atoms with E-state index >= 15 is 0 Å². The molecule has 0 radical (unpaired) electrons. The minimum Gasteiger partial charge on any atom is -0.477 e. The lowest BCUT2D eigenvalue weighted by Gasteiger charge is -2.29. The molecular formula is C11H14N2O5S2. The summed E-state index contributed by atoms with van der Waals surface area (Å²) in [5, 5.41) is 8.80. The number of thiophene rings is 1. The Morgan fingerprint density at radius 1 is 1.50 bits per heavy atom. The average molecular weight is 318 g/mol. The summed E-state index contributed by atoms with van der Waals surface area (Å²) in [5.74, 6) is -1.16. The van der Waals surface area contributed by atoms with E-state index in [2.05, 4.69) is 4.72 Å². The Morgan fingerprint density at radius 2 is 2.20 bits per heavy atom. The fourth-order valence-electron chi connectivity index (χ4n) is 1.97. The molecule has 110 valence electrons. The van der Waals surface area contributed by atoms with Crippen LogP contribution in [0, 0.1) is 0 Å². The molecule has 0 aliphatic carbocycles. The molecule has 7 nitrogen and oxygen atoms in total. The van der Waals surface area contributed by atoms with E-state index in [0.29, 0.717) is 30.7 Å². The van der Waals surface area contributed by atoms with E-state index in [1.807, 2.05) is 0 Å². The first-order chi connectivity index (χ1) is 9.29. The second-order valence-corrected chi connectivity index (χ2v) is 7.58. The summed E-state index contributed by atoms with van der Waals surface area (Å²) >= 11 is 0.707. The van der Waals surface area contributed by atoms with Crippen molar-refractivity contribution in [2.45, 2.75) is 23.1 Å². The Bertz CT molecular complexity index is 637. The summed E-state index contributed by atoms with van der Waals surface area (Å²) in [5.41, 5.74) is 0. The summed E-state index contributed by atoms with van der Waals surface area (Å²) in [6.07, 6.45) is 0.744. The van der Waals surface area contributed by atoms with Gasteiger partial charge in [0, 0.05) is 26.1 Å². The van der Waals surface area contributed by atoms with Gasteiger partial charge in [0.05, 0.1) is 0 Å². The van der Waals surface area contributed by atoms with Crippen LogP contribution < -0.4 is 4.72 Å². The van der Waals surface area contributed by atoms with Crippen molar-refractivity contribution in [3.63, 3.8) is 0 Å². The van der Waals surface area contributed by atoms with Gasteiger partial charge in [0.1, 0.15) is 9.09 Å². The number of likely N-dealkylation sites (tertiary alicyclic amines) is 1. The number of likely N-dealkylation sites (N-methyl/N-ethyl adjacent to an activating group) is 1. The van der Waals surface area contributed by atoms with Crippen molar-refractivity contribution in [3.8, 4) is 0 Å². The molecule has 1 aromatic heterocycles. The Balaban J connectivity index is 2.11. The van der Waals surface area contributed by atoms with E-state index in [-0.39, 0.29) is 21.0 Å². The number of carboxylic acids is 1. The Kier molecular flexibility index (Phi) is 4.11. The highest BCUT2D eigenvalue weighted by molar-refractivity contribution is 7.91. The molecule has 1 unspecified atom stereocenters. The number of amides is 1. The van der Waals surface area contributed by atoms with Crippen molar-refractivity contribution >= 4 is 33.2 Å². The second-order valence-electron chi connectivity index (χ2n) is 4.55. The van der Waals surface area contributed by atoms with Crippen LogP contribution in [0.2, 0.25) is 0 Å². The fraction of sp³-hybridized carbons (Fsp3) is 0.455. The van der Waals surface area contributed by atoms with Crippen molar-refractivity contribution in [2.24, 2.45) is 0 Å². The van der Waals surface area contributed by atoms with Crippen LogP contribution in [-0.2, 0) is 14.8 Å². The minimum absolute atomic E-state index is 0.00950. The number of hydrogen-bond acceptors (Lipinski definition) is 5. The number of aromatic carboxylic acids is 1. The molecule has 1 saturated heterocycles. The smallest absolute Gasteiger partial charge is 0.345 e. The Labute approximate surface area is 120 Å². The molecule has 0 saturated carbocycles. The third-order valence-electron chi connectivity index (χ3n) is 3.01. The molecule has 2 N–H and O–H groups in total. The second kappa shape index (κ2) is 5.51. The predicted octanol–water partition coefficient (Wildman–Crippen LogP) is 0.345. The number of carboxylic acid groups (broad SMARTS) is 1. The van der Waals surface area contributed by atoms with Crippen LogP contribution in [-0.4, -0.2) is 49.9 Å². The number of carbonyl (C=O) groups excluding carboxylic acids is 1. The van der Waals surface area contributed by atoms with Gasteiger partial charge in [-0.3, -0.25) is 4.79 Å². The van der Waals surface area contributed by atoms with Gasteiger partial charge in [-0.2, -0.15) is 0 Å². The number of nitrogens with zero attached hydrogens (tertiary/aromatic N) is 1. The first kappa shape index (κ1) is 14.9. The fourth-order valence-corrected chi connectivity index (χ4v) is 4.39. The van der Waals surface area contributed by atoms with Crippen molar-refractivity contribution in [1.82, 2.24) is 9.62 Å². The third kappa shape index (κ3) is 3.17. The largest absolute Gasteiger partial charge is 0.477 e. The zero-order valence-electron chi connectivity index (χ0n) is 10.7. The molecule has 20 heavy (non-hydrogen) atoms. The normalized spacial score (nSPS) is 20.1. The molecule has 1 aliphatic rings. The van der Waals surface area contributed by atoms with Gasteiger partial charge < -0.3 is 10.0 Å². The van der Waals surface area contributed by atoms with Gasteiger partial charge in [0.25, 0.3) is 0 Å². The number of hydrogen-bond donors (Lipinski definition) is 2. The molecule has 0 bridgehead atoms. The Hall–Kier alpha value is -1.45. The van der Waals surface area contributed by atoms with Gasteiger partial charge in [0.15, 0.2) is 0 Å². The zero-order valence-corrected chi connectivity index (χ0v) is 12.3. The lowest BCUT2D eigenvalue weighted by Crippen LogP contribution is -2.48. The lowest BCUT2D eigenvalue weighted by atomic mass is 10.1. The standard InChI is InChI=1S/C11H14N2O5S2/c1-13-6-7(2-4-9(13)14)12-20(17,18)10-5-3-8(19-10)11(15)16/h3,5,7,12H,2,4,6H2,1H3,(H,15,16). The molecule has 1 atom stereocenters. The number of piperidine rings is 1. The third-order valence-corrected chi connectivity index (χ3v) is 6.09. The summed E-state index contributed by atoms with van der Waals surface area (Å²) in [7, 11) is -2.12. The van der Waals surface area contributed by atoms with Gasteiger partial charge in [-0.15, -0.1) is 11.3 Å². The van der Waals surface area contributed by atoms with E-state index in [1.165, 1.54) is 17.0 Å². The first-order valence-electron chi connectivity index (χ1n) is 5.89. The van der Waals surface area contributed by atoms with Crippen molar-refractivity contribution < 1.29 is 23.1 Å². The molecule has 0 spiro atoms. The Morgan fingerprint density at radius 3 is 2.75 bits per heavy atom. The highest BCUT2D eigenvalue weighted by atomic mass is 32.2. The highest BCUT2D eigenvalue weighted by Gasteiger charge is 2.28. The SMILES string of the molecule is CN1CC(NS(=O)(=O)c2ccc(C(=O)O)s2)CCC1=O. The van der Waals surface area contributed by atoms with E-state index in [4.69, 9.17) is 5.11 Å². The molecule has 1 aliphatic heterocycles. The van der Waals surface area contributed by atoms with Gasteiger partial charge >= 0.3 is 5.97 Å². The molecule has 2 heterocycles. The maximum absolute atomic E-state index is 12.1. The summed E-state index contributed by atoms with van der Waals surface area (Å²) in [6, 6.07) is 2.18. The van der Waals surface area contributed by atoms with Gasteiger partial charge in [-0.25, -0.2) is 17.9 Å². The van der Waals surface area contributed by atoms with Crippen LogP contribution in [0.15, 0.2) is 16.3 Å². The number of nitrogens with one attached hydrogen (secondary N) is 1. The topological polar surface area (TPSA) is 104 Å². The quantitative estimate of drug-likeness (QED) is 0.833. The summed E-state index contributed by atoms with van der Waals surface area (Å²) in [6.45, 7) is 0.315. The summed E-state index contributed by atoms with van der Waals surface area (Å²) in [4.78, 5) is 23.6. The molecule has 1 fully saturated rings. The van der Waals surface area contributed by atoms with Gasteiger partial charge in [-0.1, -0.05) is 0 Å². The van der Waals surface area contributed by atoms with Crippen LogP contribution in [0.5, 0.6) is 0 Å². The molecule has 2 rings (SSSR count). The van der Waals surface area contributed by atoms with Crippen LogP contribution in [0.1, 0.15) is 22.5 Å². The number of sulfonamides is 1. The van der Waals surface area contributed by atoms with Crippen molar-refractivity contribution in [1.29, 1.82) is 0 Å².